The highest BCUT2D eigenvalue weighted by Gasteiger charge is 2.33. The molecule has 0 aliphatic heterocycles. The van der Waals surface area contributed by atoms with Gasteiger partial charge < -0.3 is 10.2 Å². The van der Waals surface area contributed by atoms with Gasteiger partial charge in [0.2, 0.25) is 0 Å². The van der Waals surface area contributed by atoms with Gasteiger partial charge in [0.05, 0.1) is 12.2 Å². The summed E-state index contributed by atoms with van der Waals surface area (Å²) in [6.07, 6.45) is 3.11. The maximum Gasteiger partial charge on any atom is 0.0985 e. The summed E-state index contributed by atoms with van der Waals surface area (Å²) >= 11 is 0. The predicted octanol–water partition coefficient (Wildman–Crippen LogP) is 0.694. The largest absolute Gasteiger partial charge is 0.390 e. The fourth-order valence-corrected chi connectivity index (χ4v) is 1.20. The van der Waals surface area contributed by atoms with Crippen molar-refractivity contribution in [1.29, 1.82) is 0 Å². The van der Waals surface area contributed by atoms with Gasteiger partial charge in [-0.25, -0.2) is 0 Å². The molecule has 1 rings (SSSR count). The van der Waals surface area contributed by atoms with Gasteiger partial charge in [-0.05, 0) is 11.8 Å². The van der Waals surface area contributed by atoms with E-state index < -0.39 is 12.2 Å². The first kappa shape index (κ1) is 7.76. The van der Waals surface area contributed by atoms with E-state index in [0.29, 0.717) is 0 Å². The van der Waals surface area contributed by atoms with E-state index in [1.807, 2.05) is 19.9 Å². The fourth-order valence-electron chi connectivity index (χ4n) is 1.20. The first-order valence-electron chi connectivity index (χ1n) is 3.57. The van der Waals surface area contributed by atoms with Crippen LogP contribution in [-0.2, 0) is 0 Å². The van der Waals surface area contributed by atoms with Crippen LogP contribution in [0.1, 0.15) is 20.3 Å². The molecule has 2 heteroatoms. The van der Waals surface area contributed by atoms with E-state index in [0.717, 1.165) is 6.42 Å². The van der Waals surface area contributed by atoms with Gasteiger partial charge in [0.15, 0.2) is 0 Å². The molecule has 2 unspecified atom stereocenters. The highest BCUT2D eigenvalue weighted by Crippen LogP contribution is 2.31. The Morgan fingerprint density at radius 1 is 1.40 bits per heavy atom. The van der Waals surface area contributed by atoms with Crippen molar-refractivity contribution in [3.05, 3.63) is 12.2 Å². The first-order chi connectivity index (χ1) is 4.54. The quantitative estimate of drug-likeness (QED) is 0.489. The molecule has 0 aromatic carbocycles. The summed E-state index contributed by atoms with van der Waals surface area (Å²) < 4.78 is 0. The van der Waals surface area contributed by atoms with Gasteiger partial charge in [-0.15, -0.1) is 0 Å². The lowest BCUT2D eigenvalue weighted by Gasteiger charge is -2.34. The van der Waals surface area contributed by atoms with Crippen LogP contribution in [-0.4, -0.2) is 22.4 Å². The molecule has 0 radical (unpaired) electrons. The molecule has 0 aromatic heterocycles. The van der Waals surface area contributed by atoms with Crippen molar-refractivity contribution in [3.8, 4) is 0 Å². The van der Waals surface area contributed by atoms with Gasteiger partial charge in [-0.3, -0.25) is 0 Å². The minimum Gasteiger partial charge on any atom is -0.390 e. The van der Waals surface area contributed by atoms with Crippen LogP contribution < -0.4 is 0 Å². The fraction of sp³-hybridized carbons (Fsp3) is 0.750. The molecule has 0 amide bonds. The van der Waals surface area contributed by atoms with Crippen LogP contribution in [0.4, 0.5) is 0 Å². The Labute approximate surface area is 61.2 Å². The summed E-state index contributed by atoms with van der Waals surface area (Å²) in [5, 5.41) is 18.6. The number of allylic oxidation sites excluding steroid dienone is 1. The monoisotopic (exact) mass is 142 g/mol. The summed E-state index contributed by atoms with van der Waals surface area (Å²) in [6.45, 7) is 3.90. The molecular weight excluding hydrogens is 128 g/mol. The van der Waals surface area contributed by atoms with E-state index in [-0.39, 0.29) is 5.41 Å². The second-order valence-corrected chi connectivity index (χ2v) is 3.56. The van der Waals surface area contributed by atoms with E-state index in [1.165, 1.54) is 0 Å². The van der Waals surface area contributed by atoms with Crippen LogP contribution in [0.3, 0.4) is 0 Å². The highest BCUT2D eigenvalue weighted by molar-refractivity contribution is 5.05. The molecule has 2 nitrogen and oxygen atoms in total. The number of hydrogen-bond acceptors (Lipinski definition) is 2. The van der Waals surface area contributed by atoms with Gasteiger partial charge in [0.1, 0.15) is 0 Å². The number of aliphatic hydroxyl groups is 2. The average molecular weight is 142 g/mol. The average Bonchev–Trinajstić information content (AvgIpc) is 1.83. The van der Waals surface area contributed by atoms with Crippen LogP contribution >= 0.6 is 0 Å². The topological polar surface area (TPSA) is 40.5 Å². The van der Waals surface area contributed by atoms with E-state index in [1.54, 1.807) is 6.08 Å². The van der Waals surface area contributed by atoms with Crippen LogP contribution in [0.25, 0.3) is 0 Å². The molecule has 0 aromatic rings. The molecule has 0 heterocycles. The Bertz CT molecular complexity index is 149. The minimum atomic E-state index is -0.677. The molecule has 1 aliphatic carbocycles. The molecule has 0 saturated carbocycles. The number of hydrogen-bond donors (Lipinski definition) is 2. The van der Waals surface area contributed by atoms with E-state index in [2.05, 4.69) is 0 Å². The van der Waals surface area contributed by atoms with Gasteiger partial charge in [0.25, 0.3) is 0 Å². The van der Waals surface area contributed by atoms with Crippen LogP contribution in [0, 0.1) is 5.41 Å². The standard InChI is InChI=1S/C8H14O2/c1-8(2)5-3-4-6(9)7(8)10/h3-4,6-7,9-10H,5H2,1-2H3. The lowest BCUT2D eigenvalue weighted by atomic mass is 9.77. The van der Waals surface area contributed by atoms with Gasteiger partial charge in [0, 0.05) is 0 Å². The number of rotatable bonds is 0. The van der Waals surface area contributed by atoms with Crippen molar-refractivity contribution >= 4 is 0 Å². The molecule has 0 bridgehead atoms. The molecule has 10 heavy (non-hydrogen) atoms. The normalized spacial score (nSPS) is 38.0. The molecule has 58 valence electrons. The lowest BCUT2D eigenvalue weighted by molar-refractivity contribution is -0.0355. The summed E-state index contributed by atoms with van der Waals surface area (Å²) in [5.74, 6) is 0. The predicted molar refractivity (Wildman–Crippen MR) is 39.6 cm³/mol. The third-order valence-corrected chi connectivity index (χ3v) is 2.10. The first-order valence-corrected chi connectivity index (χ1v) is 3.57. The molecule has 0 spiro atoms. The third kappa shape index (κ3) is 1.22. The Morgan fingerprint density at radius 3 is 2.40 bits per heavy atom. The zero-order valence-corrected chi connectivity index (χ0v) is 6.41. The second kappa shape index (κ2) is 2.36. The van der Waals surface area contributed by atoms with Crippen molar-refractivity contribution in [3.63, 3.8) is 0 Å². The van der Waals surface area contributed by atoms with Crippen molar-refractivity contribution in [1.82, 2.24) is 0 Å². The van der Waals surface area contributed by atoms with Crippen LogP contribution in [0.15, 0.2) is 12.2 Å². The van der Waals surface area contributed by atoms with Crippen LogP contribution in [0.5, 0.6) is 0 Å². The highest BCUT2D eigenvalue weighted by atomic mass is 16.3. The molecule has 2 atom stereocenters. The molecule has 0 saturated heterocycles. The van der Waals surface area contributed by atoms with E-state index in [9.17, 15) is 10.2 Å². The minimum absolute atomic E-state index is 0.172. The molecule has 2 N–H and O–H groups in total. The van der Waals surface area contributed by atoms with Crippen LogP contribution in [0.2, 0.25) is 0 Å². The Hall–Kier alpha value is -0.340. The van der Waals surface area contributed by atoms with E-state index >= 15 is 0 Å². The maximum atomic E-state index is 9.40. The van der Waals surface area contributed by atoms with E-state index in [4.69, 9.17) is 0 Å². The smallest absolute Gasteiger partial charge is 0.0985 e. The lowest BCUT2D eigenvalue weighted by Crippen LogP contribution is -2.40. The van der Waals surface area contributed by atoms with Gasteiger partial charge >= 0.3 is 0 Å². The second-order valence-electron chi connectivity index (χ2n) is 3.56. The van der Waals surface area contributed by atoms with Crippen molar-refractivity contribution in [2.75, 3.05) is 0 Å². The Balaban J connectivity index is 2.75. The summed E-state index contributed by atoms with van der Waals surface area (Å²) in [6, 6.07) is 0. The summed E-state index contributed by atoms with van der Waals surface area (Å²) in [7, 11) is 0. The molecule has 1 aliphatic rings. The summed E-state index contributed by atoms with van der Waals surface area (Å²) in [5.41, 5.74) is -0.172. The SMILES string of the molecule is CC1(C)CC=CC(O)C1O. The Morgan fingerprint density at radius 2 is 2.00 bits per heavy atom. The molecule has 0 fully saturated rings. The zero-order valence-electron chi connectivity index (χ0n) is 6.41. The van der Waals surface area contributed by atoms with Crippen molar-refractivity contribution < 1.29 is 10.2 Å². The molecular formula is C8H14O2. The van der Waals surface area contributed by atoms with Gasteiger partial charge in [-0.2, -0.15) is 0 Å². The zero-order chi connectivity index (χ0) is 7.78. The number of aliphatic hydroxyl groups excluding tert-OH is 2. The van der Waals surface area contributed by atoms with Gasteiger partial charge in [-0.1, -0.05) is 26.0 Å². The maximum absolute atomic E-state index is 9.40. The summed E-state index contributed by atoms with van der Waals surface area (Å²) in [4.78, 5) is 0. The third-order valence-electron chi connectivity index (χ3n) is 2.10. The van der Waals surface area contributed by atoms with Crippen molar-refractivity contribution in [2.45, 2.75) is 32.5 Å². The Kier molecular flexibility index (Phi) is 1.84. The van der Waals surface area contributed by atoms with Crippen molar-refractivity contribution in [2.24, 2.45) is 5.41 Å².